The minimum Gasteiger partial charge on any atom is -0.349 e. The highest BCUT2D eigenvalue weighted by molar-refractivity contribution is 7.89. The van der Waals surface area contributed by atoms with Gasteiger partial charge in [0.15, 0.2) is 0 Å². The Labute approximate surface area is 173 Å². The van der Waals surface area contributed by atoms with Gasteiger partial charge in [-0.1, -0.05) is 12.5 Å². The topological polar surface area (TPSA) is 74.6 Å². The number of fused-ring (bicyclic) bond motifs is 1. The number of piperidine rings is 1. The van der Waals surface area contributed by atoms with Crippen molar-refractivity contribution in [3.05, 3.63) is 42.6 Å². The molecular formula is C21H30N4O3S. The van der Waals surface area contributed by atoms with Crippen molar-refractivity contribution in [3.8, 4) is 0 Å². The molecule has 0 bridgehead atoms. The summed E-state index contributed by atoms with van der Waals surface area (Å²) in [5.41, 5.74) is 1.32. The van der Waals surface area contributed by atoms with Crippen LogP contribution in [0.1, 0.15) is 29.8 Å². The van der Waals surface area contributed by atoms with Gasteiger partial charge in [-0.25, -0.2) is 12.7 Å². The number of sulfonamides is 1. The average Bonchev–Trinajstić information content (AvgIpc) is 3.07. The second kappa shape index (κ2) is 9.11. The lowest BCUT2D eigenvalue weighted by atomic mass is 10.1. The van der Waals surface area contributed by atoms with E-state index in [1.54, 1.807) is 30.3 Å². The van der Waals surface area contributed by atoms with Crippen LogP contribution in [0.15, 0.2) is 41.8 Å². The molecule has 7 nitrogen and oxygen atoms in total. The van der Waals surface area contributed by atoms with E-state index >= 15 is 0 Å². The van der Waals surface area contributed by atoms with Crippen molar-refractivity contribution in [2.24, 2.45) is 0 Å². The molecule has 0 atom stereocenters. The number of nitrogens with one attached hydrogen (secondary N) is 1. The Hall–Kier alpha value is -2.16. The summed E-state index contributed by atoms with van der Waals surface area (Å²) in [7, 11) is -0.526. The maximum absolute atomic E-state index is 12.8. The van der Waals surface area contributed by atoms with Crippen LogP contribution in [0, 0.1) is 0 Å². The molecule has 1 amide bonds. The number of aromatic nitrogens is 1. The Morgan fingerprint density at radius 1 is 1.21 bits per heavy atom. The van der Waals surface area contributed by atoms with Crippen molar-refractivity contribution in [1.29, 1.82) is 0 Å². The van der Waals surface area contributed by atoms with Crippen molar-refractivity contribution in [1.82, 2.24) is 19.1 Å². The molecule has 1 aromatic carbocycles. The van der Waals surface area contributed by atoms with E-state index in [2.05, 4.69) is 16.8 Å². The molecule has 0 radical (unpaired) electrons. The van der Waals surface area contributed by atoms with Gasteiger partial charge >= 0.3 is 0 Å². The van der Waals surface area contributed by atoms with Gasteiger partial charge in [0.25, 0.3) is 5.91 Å². The van der Waals surface area contributed by atoms with Crippen LogP contribution in [-0.2, 0) is 16.6 Å². The second-order valence-corrected chi connectivity index (χ2v) is 9.75. The zero-order chi connectivity index (χ0) is 21.0. The van der Waals surface area contributed by atoms with E-state index in [1.807, 2.05) is 4.57 Å². The third kappa shape index (κ3) is 4.71. The van der Waals surface area contributed by atoms with Crippen molar-refractivity contribution in [3.63, 3.8) is 0 Å². The van der Waals surface area contributed by atoms with Gasteiger partial charge in [-0.05, 0) is 50.2 Å². The zero-order valence-corrected chi connectivity index (χ0v) is 18.0. The summed E-state index contributed by atoms with van der Waals surface area (Å²) in [6.07, 6.45) is 5.46. The molecule has 1 aliphatic heterocycles. The van der Waals surface area contributed by atoms with Crippen molar-refractivity contribution >= 4 is 26.8 Å². The van der Waals surface area contributed by atoms with E-state index in [-0.39, 0.29) is 10.8 Å². The number of hydrogen-bond donors (Lipinski definition) is 1. The first kappa shape index (κ1) is 21.5. The van der Waals surface area contributed by atoms with Gasteiger partial charge in [0.05, 0.1) is 4.90 Å². The Morgan fingerprint density at radius 3 is 2.59 bits per heavy atom. The predicted octanol–water partition coefficient (Wildman–Crippen LogP) is 2.29. The summed E-state index contributed by atoms with van der Waals surface area (Å²) in [5.74, 6) is -0.155. The van der Waals surface area contributed by atoms with Gasteiger partial charge in [-0.2, -0.15) is 0 Å². The number of carbonyl (C=O) groups is 1. The number of carbonyl (C=O) groups excluding carboxylic acids is 1. The van der Waals surface area contributed by atoms with Crippen LogP contribution in [0.25, 0.3) is 10.9 Å². The average molecular weight is 419 g/mol. The summed E-state index contributed by atoms with van der Waals surface area (Å²) >= 11 is 0. The Balaban J connectivity index is 1.82. The van der Waals surface area contributed by atoms with E-state index in [9.17, 15) is 13.2 Å². The molecule has 1 aromatic heterocycles. The number of rotatable bonds is 8. The largest absolute Gasteiger partial charge is 0.349 e. The minimum atomic E-state index is -3.53. The van der Waals surface area contributed by atoms with E-state index in [0.717, 1.165) is 30.5 Å². The van der Waals surface area contributed by atoms with Crippen LogP contribution in [0.2, 0.25) is 0 Å². The maximum Gasteiger partial charge on any atom is 0.267 e. The number of hydrogen-bond acceptors (Lipinski definition) is 4. The number of nitrogens with zero attached hydrogens (tertiary/aromatic N) is 3. The van der Waals surface area contributed by atoms with E-state index in [0.29, 0.717) is 18.8 Å². The Kier molecular flexibility index (Phi) is 6.77. The molecule has 0 unspecified atom stereocenters. The van der Waals surface area contributed by atoms with E-state index in [1.165, 1.54) is 37.7 Å². The summed E-state index contributed by atoms with van der Waals surface area (Å²) in [4.78, 5) is 15.4. The first-order chi connectivity index (χ1) is 13.8. The van der Waals surface area contributed by atoms with Gasteiger partial charge < -0.3 is 14.8 Å². The first-order valence-electron chi connectivity index (χ1n) is 10.0. The van der Waals surface area contributed by atoms with Crippen LogP contribution in [-0.4, -0.2) is 68.4 Å². The normalized spacial score (nSPS) is 15.7. The first-order valence-corrected chi connectivity index (χ1v) is 11.5. The third-order valence-corrected chi connectivity index (χ3v) is 7.17. The summed E-state index contributed by atoms with van der Waals surface area (Å²) < 4.78 is 27.9. The molecule has 8 heteroatoms. The lowest BCUT2D eigenvalue weighted by Gasteiger charge is -2.26. The van der Waals surface area contributed by atoms with Crippen LogP contribution >= 0.6 is 0 Å². The summed E-state index contributed by atoms with van der Waals surface area (Å²) in [6, 6.07) is 6.70. The highest BCUT2D eigenvalue weighted by Gasteiger charge is 2.20. The second-order valence-electron chi connectivity index (χ2n) is 7.60. The number of allylic oxidation sites excluding steroid dienone is 1. The predicted molar refractivity (Wildman–Crippen MR) is 116 cm³/mol. The molecule has 2 aromatic rings. The number of benzene rings is 1. The van der Waals surface area contributed by atoms with Crippen LogP contribution < -0.4 is 5.32 Å². The fraction of sp³-hybridized carbons (Fsp3) is 0.476. The van der Waals surface area contributed by atoms with Gasteiger partial charge in [0, 0.05) is 44.6 Å². The molecule has 29 heavy (non-hydrogen) atoms. The number of likely N-dealkylation sites (tertiary alicyclic amines) is 1. The summed E-state index contributed by atoms with van der Waals surface area (Å²) in [5, 5.41) is 3.73. The van der Waals surface area contributed by atoms with Gasteiger partial charge in [-0.15, -0.1) is 6.58 Å². The Morgan fingerprint density at radius 2 is 1.93 bits per heavy atom. The van der Waals surface area contributed by atoms with Crippen LogP contribution in [0.5, 0.6) is 0 Å². The van der Waals surface area contributed by atoms with Crippen LogP contribution in [0.4, 0.5) is 0 Å². The SMILES string of the molecule is C=CCn1c(C(=O)NCCN2CCCCC2)cc2cc(S(=O)(=O)N(C)C)ccc21. The molecule has 1 N–H and O–H groups in total. The molecule has 2 heterocycles. The third-order valence-electron chi connectivity index (χ3n) is 5.36. The van der Waals surface area contributed by atoms with Gasteiger partial charge in [-0.3, -0.25) is 4.79 Å². The molecule has 0 aliphatic carbocycles. The molecule has 0 saturated carbocycles. The fourth-order valence-corrected chi connectivity index (χ4v) is 4.67. The fourth-order valence-electron chi connectivity index (χ4n) is 3.74. The molecule has 1 saturated heterocycles. The smallest absolute Gasteiger partial charge is 0.267 e. The van der Waals surface area contributed by atoms with E-state index < -0.39 is 10.0 Å². The summed E-state index contributed by atoms with van der Waals surface area (Å²) in [6.45, 7) is 7.88. The lowest BCUT2D eigenvalue weighted by molar-refractivity contribution is 0.0938. The molecule has 0 spiro atoms. The van der Waals surface area contributed by atoms with Crippen LogP contribution in [0.3, 0.4) is 0 Å². The minimum absolute atomic E-state index is 0.155. The molecule has 3 rings (SSSR count). The molecular weight excluding hydrogens is 388 g/mol. The monoisotopic (exact) mass is 418 g/mol. The Bertz CT molecular complexity index is 989. The van der Waals surface area contributed by atoms with Gasteiger partial charge in [0.1, 0.15) is 5.69 Å². The quantitative estimate of drug-likeness (QED) is 0.668. The molecule has 1 aliphatic rings. The lowest BCUT2D eigenvalue weighted by Crippen LogP contribution is -2.38. The number of amides is 1. The highest BCUT2D eigenvalue weighted by Crippen LogP contribution is 2.25. The van der Waals surface area contributed by atoms with Crippen molar-refractivity contribution < 1.29 is 13.2 Å². The van der Waals surface area contributed by atoms with Gasteiger partial charge in [0.2, 0.25) is 10.0 Å². The molecule has 158 valence electrons. The van der Waals surface area contributed by atoms with E-state index in [4.69, 9.17) is 0 Å². The van der Waals surface area contributed by atoms with Crippen molar-refractivity contribution in [2.75, 3.05) is 40.3 Å². The highest BCUT2D eigenvalue weighted by atomic mass is 32.2. The maximum atomic E-state index is 12.8. The zero-order valence-electron chi connectivity index (χ0n) is 17.2. The molecule has 1 fully saturated rings. The standard InChI is InChI=1S/C21H30N4O3S/c1-4-11-25-19-9-8-18(29(27,28)23(2)3)15-17(19)16-20(25)21(26)22-10-14-24-12-6-5-7-13-24/h4,8-9,15-16H,1,5-7,10-14H2,2-3H3,(H,22,26). The van der Waals surface area contributed by atoms with Crippen molar-refractivity contribution in [2.45, 2.75) is 30.7 Å².